The number of piperidine rings is 1. The average Bonchev–Trinajstić information content (AvgIpc) is 3.01. The number of hydrogen-bond acceptors (Lipinski definition) is 5. The standard InChI is InChI=1S/C21H28N6O2/c1-25-18-9-15(16-12-26(13-16)11-14-3-2-7-22-10-14)4-5-17(18)20(24-25)27-8-6-19(28)23-21(27)29/h4-5,9,14,16,22H,2-3,6-8,10-13H2,1H3,(H,23,28,29). The summed E-state index contributed by atoms with van der Waals surface area (Å²) in [5, 5.41) is 11.4. The monoisotopic (exact) mass is 396 g/mol. The molecule has 0 spiro atoms. The minimum absolute atomic E-state index is 0.229. The summed E-state index contributed by atoms with van der Waals surface area (Å²) in [6.45, 7) is 6.12. The number of nitrogens with one attached hydrogen (secondary N) is 2. The van der Waals surface area contributed by atoms with E-state index in [1.807, 2.05) is 11.7 Å². The number of rotatable bonds is 4. The van der Waals surface area contributed by atoms with Gasteiger partial charge in [0.05, 0.1) is 5.52 Å². The smallest absolute Gasteiger partial charge is 0.316 e. The zero-order valence-corrected chi connectivity index (χ0v) is 16.9. The molecule has 3 aliphatic rings. The van der Waals surface area contributed by atoms with E-state index < -0.39 is 6.03 Å². The number of fused-ring (bicyclic) bond motifs is 1. The molecule has 0 bridgehead atoms. The Kier molecular flexibility index (Phi) is 4.75. The number of likely N-dealkylation sites (tertiary alicyclic amines) is 1. The van der Waals surface area contributed by atoms with E-state index >= 15 is 0 Å². The molecule has 154 valence electrons. The topological polar surface area (TPSA) is 82.5 Å². The Balaban J connectivity index is 1.30. The molecule has 8 nitrogen and oxygen atoms in total. The van der Waals surface area contributed by atoms with Crippen molar-refractivity contribution in [1.82, 2.24) is 25.3 Å². The van der Waals surface area contributed by atoms with Gasteiger partial charge in [-0.15, -0.1) is 0 Å². The van der Waals surface area contributed by atoms with Crippen LogP contribution < -0.4 is 15.5 Å². The van der Waals surface area contributed by atoms with E-state index in [-0.39, 0.29) is 5.91 Å². The number of carbonyl (C=O) groups excluding carboxylic acids is 2. The lowest BCUT2D eigenvalue weighted by Crippen LogP contribution is -2.49. The maximum atomic E-state index is 12.2. The summed E-state index contributed by atoms with van der Waals surface area (Å²) in [7, 11) is 1.91. The van der Waals surface area contributed by atoms with Crippen LogP contribution in [0.15, 0.2) is 18.2 Å². The van der Waals surface area contributed by atoms with Gasteiger partial charge in [0.2, 0.25) is 5.91 Å². The Labute approximate surface area is 170 Å². The fraction of sp³-hybridized carbons (Fsp3) is 0.571. The zero-order valence-electron chi connectivity index (χ0n) is 16.9. The minimum Gasteiger partial charge on any atom is -0.316 e. The third-order valence-corrected chi connectivity index (χ3v) is 6.51. The summed E-state index contributed by atoms with van der Waals surface area (Å²) in [5.41, 5.74) is 2.36. The molecule has 3 fully saturated rings. The molecule has 1 unspecified atom stereocenters. The van der Waals surface area contributed by atoms with Crippen LogP contribution in [0.25, 0.3) is 10.9 Å². The van der Waals surface area contributed by atoms with Crippen LogP contribution in [0.2, 0.25) is 0 Å². The average molecular weight is 396 g/mol. The van der Waals surface area contributed by atoms with Crippen LogP contribution in [0.4, 0.5) is 10.6 Å². The van der Waals surface area contributed by atoms with Crippen LogP contribution in [0.5, 0.6) is 0 Å². The van der Waals surface area contributed by atoms with Crippen molar-refractivity contribution in [2.75, 3.05) is 44.2 Å². The van der Waals surface area contributed by atoms with Gasteiger partial charge in [-0.1, -0.05) is 6.07 Å². The van der Waals surface area contributed by atoms with Crippen molar-refractivity contribution in [3.8, 4) is 0 Å². The molecule has 3 saturated heterocycles. The number of imide groups is 1. The number of aromatic nitrogens is 2. The Bertz CT molecular complexity index is 942. The molecule has 3 amide bonds. The summed E-state index contributed by atoms with van der Waals surface area (Å²) >= 11 is 0. The van der Waals surface area contributed by atoms with Gasteiger partial charge in [0.15, 0.2) is 5.82 Å². The van der Waals surface area contributed by atoms with Crippen molar-refractivity contribution in [2.45, 2.75) is 25.2 Å². The molecule has 0 aliphatic carbocycles. The van der Waals surface area contributed by atoms with Gasteiger partial charge in [0.25, 0.3) is 0 Å². The van der Waals surface area contributed by atoms with E-state index in [0.717, 1.165) is 36.5 Å². The number of aryl methyl sites for hydroxylation is 1. The molecule has 5 rings (SSSR count). The summed E-state index contributed by atoms with van der Waals surface area (Å²) in [6, 6.07) is 6.06. The first-order valence-electron chi connectivity index (χ1n) is 10.6. The molecule has 0 radical (unpaired) electrons. The van der Waals surface area contributed by atoms with Crippen LogP contribution >= 0.6 is 0 Å². The fourth-order valence-corrected chi connectivity index (χ4v) is 4.85. The molecule has 1 atom stereocenters. The predicted octanol–water partition coefficient (Wildman–Crippen LogP) is 1.42. The lowest BCUT2D eigenvalue weighted by molar-refractivity contribution is -0.120. The van der Waals surface area contributed by atoms with Crippen molar-refractivity contribution in [1.29, 1.82) is 0 Å². The van der Waals surface area contributed by atoms with Crippen LogP contribution in [-0.2, 0) is 11.8 Å². The van der Waals surface area contributed by atoms with Gasteiger partial charge in [-0.2, -0.15) is 5.10 Å². The molecule has 2 N–H and O–H groups in total. The summed E-state index contributed by atoms with van der Waals surface area (Å²) in [5.74, 6) is 1.74. The SMILES string of the molecule is Cn1nc(N2CCC(=O)NC2=O)c2ccc(C3CN(CC4CCCNC4)C3)cc21. The van der Waals surface area contributed by atoms with E-state index in [1.165, 1.54) is 31.5 Å². The van der Waals surface area contributed by atoms with Crippen molar-refractivity contribution in [2.24, 2.45) is 13.0 Å². The first kappa shape index (κ1) is 18.6. The summed E-state index contributed by atoms with van der Waals surface area (Å²) in [4.78, 5) is 27.8. The van der Waals surface area contributed by atoms with Gasteiger partial charge in [-0.25, -0.2) is 4.79 Å². The lowest BCUT2D eigenvalue weighted by Gasteiger charge is -2.42. The highest BCUT2D eigenvalue weighted by atomic mass is 16.2. The van der Waals surface area contributed by atoms with Gasteiger partial charge in [-0.05, 0) is 49.5 Å². The number of benzene rings is 1. The Morgan fingerprint density at radius 2 is 2.10 bits per heavy atom. The second kappa shape index (κ2) is 7.42. The molecule has 1 aromatic carbocycles. The predicted molar refractivity (Wildman–Crippen MR) is 111 cm³/mol. The summed E-state index contributed by atoms with van der Waals surface area (Å²) < 4.78 is 1.84. The van der Waals surface area contributed by atoms with Gasteiger partial charge < -0.3 is 10.2 Å². The molecule has 8 heteroatoms. The van der Waals surface area contributed by atoms with Crippen LogP contribution in [0.3, 0.4) is 0 Å². The van der Waals surface area contributed by atoms with E-state index in [9.17, 15) is 9.59 Å². The van der Waals surface area contributed by atoms with Crippen molar-refractivity contribution in [3.05, 3.63) is 23.8 Å². The van der Waals surface area contributed by atoms with Gasteiger partial charge >= 0.3 is 6.03 Å². The molecule has 1 aromatic heterocycles. The second-order valence-corrected chi connectivity index (χ2v) is 8.61. The molecule has 29 heavy (non-hydrogen) atoms. The van der Waals surface area contributed by atoms with Crippen LogP contribution in [0.1, 0.15) is 30.7 Å². The number of nitrogens with zero attached hydrogens (tertiary/aromatic N) is 4. The molecule has 3 aliphatic heterocycles. The Morgan fingerprint density at radius 3 is 2.86 bits per heavy atom. The third-order valence-electron chi connectivity index (χ3n) is 6.51. The van der Waals surface area contributed by atoms with Gasteiger partial charge in [0, 0.05) is 51.0 Å². The van der Waals surface area contributed by atoms with Gasteiger partial charge in [0.1, 0.15) is 0 Å². The molecule has 0 saturated carbocycles. The zero-order chi connectivity index (χ0) is 20.0. The normalized spacial score (nSPS) is 24.0. The van der Waals surface area contributed by atoms with Crippen molar-refractivity contribution < 1.29 is 9.59 Å². The number of hydrogen-bond donors (Lipinski definition) is 2. The first-order valence-corrected chi connectivity index (χ1v) is 10.6. The van der Waals surface area contributed by atoms with E-state index in [4.69, 9.17) is 0 Å². The van der Waals surface area contributed by atoms with Crippen LogP contribution in [0, 0.1) is 5.92 Å². The summed E-state index contributed by atoms with van der Waals surface area (Å²) in [6.07, 6.45) is 2.94. The molecular formula is C21H28N6O2. The van der Waals surface area contributed by atoms with E-state index in [0.29, 0.717) is 24.7 Å². The third kappa shape index (κ3) is 3.51. The highest BCUT2D eigenvalue weighted by molar-refractivity contribution is 6.08. The first-order chi connectivity index (χ1) is 14.1. The quantitative estimate of drug-likeness (QED) is 0.817. The van der Waals surface area contributed by atoms with Crippen LogP contribution in [-0.4, -0.2) is 65.9 Å². The highest BCUT2D eigenvalue weighted by Gasteiger charge is 2.31. The minimum atomic E-state index is -0.392. The lowest BCUT2D eigenvalue weighted by atomic mass is 9.89. The number of anilines is 1. The number of urea groups is 1. The van der Waals surface area contributed by atoms with E-state index in [1.54, 1.807) is 4.90 Å². The van der Waals surface area contributed by atoms with E-state index in [2.05, 4.69) is 38.8 Å². The number of carbonyl (C=O) groups is 2. The van der Waals surface area contributed by atoms with Crippen molar-refractivity contribution in [3.63, 3.8) is 0 Å². The fourth-order valence-electron chi connectivity index (χ4n) is 4.85. The maximum absolute atomic E-state index is 12.2. The Morgan fingerprint density at radius 1 is 1.24 bits per heavy atom. The van der Waals surface area contributed by atoms with Gasteiger partial charge in [-0.3, -0.25) is 19.7 Å². The highest BCUT2D eigenvalue weighted by Crippen LogP contribution is 2.33. The van der Waals surface area contributed by atoms with Crippen molar-refractivity contribution >= 4 is 28.7 Å². The molecular weight excluding hydrogens is 368 g/mol. The Hall–Kier alpha value is -2.45. The largest absolute Gasteiger partial charge is 0.329 e. The maximum Gasteiger partial charge on any atom is 0.329 e. The second-order valence-electron chi connectivity index (χ2n) is 8.61. The number of amides is 3. The molecule has 2 aromatic rings. The molecule has 4 heterocycles.